The zero-order valence-electron chi connectivity index (χ0n) is 15.5. The highest BCUT2D eigenvalue weighted by molar-refractivity contribution is 7.12. The minimum Gasteiger partial charge on any atom is -0.372 e. The molecule has 0 bridgehead atoms. The quantitative estimate of drug-likeness (QED) is 0.714. The second kappa shape index (κ2) is 8.39. The van der Waals surface area contributed by atoms with Crippen LogP contribution < -0.4 is 15.9 Å². The fourth-order valence-corrected chi connectivity index (χ4v) is 3.99. The summed E-state index contributed by atoms with van der Waals surface area (Å²) in [5.41, 5.74) is 1.44. The second-order valence-electron chi connectivity index (χ2n) is 6.78. The van der Waals surface area contributed by atoms with Crippen LogP contribution in [0.3, 0.4) is 0 Å². The highest BCUT2D eigenvalue weighted by atomic mass is 32.1. The van der Waals surface area contributed by atoms with Gasteiger partial charge in [-0.05, 0) is 65.0 Å². The normalized spacial score (nSPS) is 14.6. The molecule has 28 heavy (non-hydrogen) atoms. The van der Waals surface area contributed by atoms with Gasteiger partial charge >= 0.3 is 5.69 Å². The van der Waals surface area contributed by atoms with Crippen molar-refractivity contribution in [1.29, 1.82) is 0 Å². The first-order valence-corrected chi connectivity index (χ1v) is 10.3. The minimum atomic E-state index is -0.436. The Morgan fingerprint density at radius 1 is 1.04 bits per heavy atom. The Balaban J connectivity index is 1.38. The van der Waals surface area contributed by atoms with Crippen LogP contribution in [0.5, 0.6) is 0 Å². The van der Waals surface area contributed by atoms with E-state index in [1.807, 2.05) is 35.7 Å². The third-order valence-electron chi connectivity index (χ3n) is 4.77. The number of rotatable bonds is 5. The second-order valence-corrected chi connectivity index (χ2v) is 7.70. The van der Waals surface area contributed by atoms with Crippen LogP contribution in [0, 0.1) is 0 Å². The fraction of sp³-hybridized carbons (Fsp3) is 0.368. The van der Waals surface area contributed by atoms with E-state index < -0.39 is 5.69 Å². The number of nitrogens with zero attached hydrogens (tertiary/aromatic N) is 5. The van der Waals surface area contributed by atoms with E-state index in [0.717, 1.165) is 17.8 Å². The molecule has 0 spiro atoms. The molecule has 3 heterocycles. The van der Waals surface area contributed by atoms with Gasteiger partial charge in [0.05, 0.1) is 0 Å². The van der Waals surface area contributed by atoms with Crippen molar-refractivity contribution in [3.8, 4) is 5.00 Å². The molecule has 0 saturated carbocycles. The number of anilines is 2. The molecule has 3 aromatic rings. The molecule has 146 valence electrons. The van der Waals surface area contributed by atoms with Crippen LogP contribution in [-0.4, -0.2) is 38.8 Å². The lowest BCUT2D eigenvalue weighted by Gasteiger charge is -2.22. The Morgan fingerprint density at radius 3 is 2.46 bits per heavy atom. The summed E-state index contributed by atoms with van der Waals surface area (Å²) < 4.78 is 2.24. The molecular weight excluding hydrogens is 376 g/mol. The smallest absolute Gasteiger partial charge is 0.369 e. The first-order chi connectivity index (χ1) is 13.7. The van der Waals surface area contributed by atoms with Gasteiger partial charge in [-0.1, -0.05) is 12.8 Å². The average Bonchev–Trinajstić information content (AvgIpc) is 3.25. The van der Waals surface area contributed by atoms with Crippen LogP contribution in [0.25, 0.3) is 5.00 Å². The first kappa shape index (κ1) is 18.4. The number of nitrogens with one attached hydrogen (secondary N) is 1. The average molecular weight is 398 g/mol. The Bertz CT molecular complexity index is 969. The van der Waals surface area contributed by atoms with Crippen molar-refractivity contribution >= 4 is 28.6 Å². The van der Waals surface area contributed by atoms with Crippen LogP contribution in [0.15, 0.2) is 46.6 Å². The van der Waals surface area contributed by atoms with E-state index in [1.165, 1.54) is 47.4 Å². The molecular formula is C19H22N6O2S. The number of carbonyl (C=O) groups excluding carboxylic acids is 1. The molecule has 0 unspecified atom stereocenters. The predicted molar refractivity (Wildman–Crippen MR) is 109 cm³/mol. The highest BCUT2D eigenvalue weighted by Crippen LogP contribution is 2.21. The van der Waals surface area contributed by atoms with E-state index in [9.17, 15) is 9.59 Å². The third kappa shape index (κ3) is 4.14. The van der Waals surface area contributed by atoms with E-state index in [4.69, 9.17) is 0 Å². The third-order valence-corrected chi connectivity index (χ3v) is 5.61. The molecule has 0 aliphatic carbocycles. The maximum absolute atomic E-state index is 12.3. The number of benzene rings is 1. The van der Waals surface area contributed by atoms with Gasteiger partial charge in [-0.15, -0.1) is 11.3 Å². The van der Waals surface area contributed by atoms with Crippen LogP contribution in [-0.2, 0) is 11.3 Å². The number of carbonyl (C=O) groups is 1. The molecule has 1 N–H and O–H groups in total. The van der Waals surface area contributed by atoms with Crippen molar-refractivity contribution in [2.24, 2.45) is 0 Å². The zero-order chi connectivity index (χ0) is 19.3. The van der Waals surface area contributed by atoms with Crippen LogP contribution in [0.1, 0.15) is 25.7 Å². The lowest BCUT2D eigenvalue weighted by molar-refractivity contribution is -0.117. The topological polar surface area (TPSA) is 85.0 Å². The van der Waals surface area contributed by atoms with Gasteiger partial charge in [0.1, 0.15) is 11.5 Å². The molecule has 1 aliphatic heterocycles. The van der Waals surface area contributed by atoms with E-state index in [-0.39, 0.29) is 12.5 Å². The van der Waals surface area contributed by atoms with E-state index in [2.05, 4.69) is 20.6 Å². The summed E-state index contributed by atoms with van der Waals surface area (Å²) in [6, 6.07) is 11.4. The number of hydrogen-bond donors (Lipinski definition) is 1. The van der Waals surface area contributed by atoms with E-state index in [1.54, 1.807) is 6.07 Å². The van der Waals surface area contributed by atoms with Crippen molar-refractivity contribution in [2.75, 3.05) is 23.3 Å². The molecule has 1 fully saturated rings. The van der Waals surface area contributed by atoms with Gasteiger partial charge in [0.15, 0.2) is 0 Å². The molecule has 2 aromatic heterocycles. The minimum absolute atomic E-state index is 0.182. The lowest BCUT2D eigenvalue weighted by atomic mass is 10.2. The zero-order valence-corrected chi connectivity index (χ0v) is 16.3. The van der Waals surface area contributed by atoms with Crippen molar-refractivity contribution in [2.45, 2.75) is 32.2 Å². The van der Waals surface area contributed by atoms with Crippen molar-refractivity contribution in [3.63, 3.8) is 0 Å². The van der Waals surface area contributed by atoms with Gasteiger partial charge in [0, 0.05) is 24.5 Å². The number of thiophene rings is 1. The molecule has 1 saturated heterocycles. The summed E-state index contributed by atoms with van der Waals surface area (Å²) in [6.45, 7) is 1.97. The van der Waals surface area contributed by atoms with Crippen molar-refractivity contribution < 1.29 is 4.79 Å². The van der Waals surface area contributed by atoms with Crippen molar-refractivity contribution in [1.82, 2.24) is 19.8 Å². The maximum atomic E-state index is 12.3. The Hall–Kier alpha value is -2.94. The standard InChI is InChI=1S/C19H22N6O2S/c26-17(14-24-19(27)25(22-21-24)18-6-5-13-28-18)20-15-7-9-16(10-8-15)23-11-3-1-2-4-12-23/h5-10,13H,1-4,11-12,14H2,(H,20,26). The maximum Gasteiger partial charge on any atom is 0.369 e. The van der Waals surface area contributed by atoms with E-state index in [0.29, 0.717) is 10.7 Å². The van der Waals surface area contributed by atoms with Crippen molar-refractivity contribution in [3.05, 3.63) is 52.3 Å². The number of aromatic nitrogens is 4. The summed E-state index contributed by atoms with van der Waals surface area (Å²) in [6.07, 6.45) is 5.03. The Morgan fingerprint density at radius 2 is 1.79 bits per heavy atom. The van der Waals surface area contributed by atoms with Gasteiger partial charge in [-0.25, -0.2) is 4.79 Å². The number of tetrazole rings is 1. The number of amides is 1. The van der Waals surface area contributed by atoms with Gasteiger partial charge in [-0.2, -0.15) is 9.36 Å². The number of hydrogen-bond acceptors (Lipinski definition) is 6. The van der Waals surface area contributed by atoms with Gasteiger partial charge in [0.25, 0.3) is 0 Å². The van der Waals surface area contributed by atoms with Crippen LogP contribution in [0.2, 0.25) is 0 Å². The van der Waals surface area contributed by atoms with Crippen LogP contribution >= 0.6 is 11.3 Å². The Kier molecular flexibility index (Phi) is 5.52. The SMILES string of the molecule is O=C(Cn1nnn(-c2cccs2)c1=O)Nc1ccc(N2CCCCCC2)cc1. The summed E-state index contributed by atoms with van der Waals surface area (Å²) in [4.78, 5) is 27.0. The summed E-state index contributed by atoms with van der Waals surface area (Å²) in [5, 5.41) is 13.0. The molecule has 1 amide bonds. The monoisotopic (exact) mass is 398 g/mol. The first-order valence-electron chi connectivity index (χ1n) is 9.42. The highest BCUT2D eigenvalue weighted by Gasteiger charge is 2.14. The van der Waals surface area contributed by atoms with Gasteiger partial charge < -0.3 is 10.2 Å². The lowest BCUT2D eigenvalue weighted by Crippen LogP contribution is -2.29. The Labute approximate surface area is 166 Å². The molecule has 1 aromatic carbocycles. The molecule has 0 radical (unpaired) electrons. The van der Waals surface area contributed by atoms with E-state index >= 15 is 0 Å². The summed E-state index contributed by atoms with van der Waals surface area (Å²) in [7, 11) is 0. The molecule has 8 nitrogen and oxygen atoms in total. The largest absolute Gasteiger partial charge is 0.372 e. The summed E-state index contributed by atoms with van der Waals surface area (Å²) >= 11 is 1.38. The molecule has 0 atom stereocenters. The molecule has 9 heteroatoms. The summed E-state index contributed by atoms with van der Waals surface area (Å²) in [5.74, 6) is -0.317. The fourth-order valence-electron chi connectivity index (χ4n) is 3.32. The molecule has 4 rings (SSSR count). The molecule has 1 aliphatic rings. The predicted octanol–water partition coefficient (Wildman–Crippen LogP) is 2.51. The van der Waals surface area contributed by atoms with Crippen LogP contribution in [0.4, 0.5) is 11.4 Å². The van der Waals surface area contributed by atoms with Gasteiger partial charge in [0.2, 0.25) is 5.91 Å². The van der Waals surface area contributed by atoms with Gasteiger partial charge in [-0.3, -0.25) is 4.79 Å².